The molecule has 37 heavy (non-hydrogen) atoms. The molecule has 0 aromatic carbocycles. The first-order valence-electron chi connectivity index (χ1n) is 14.7. The predicted octanol–water partition coefficient (Wildman–Crippen LogP) is 3.96. The summed E-state index contributed by atoms with van der Waals surface area (Å²) >= 11 is 0. The van der Waals surface area contributed by atoms with Crippen LogP contribution in [0.15, 0.2) is 0 Å². The van der Waals surface area contributed by atoms with E-state index in [1.807, 2.05) is 26.0 Å². The van der Waals surface area contributed by atoms with E-state index >= 15 is 0 Å². The van der Waals surface area contributed by atoms with Crippen molar-refractivity contribution in [3.63, 3.8) is 0 Å². The lowest BCUT2D eigenvalue weighted by Gasteiger charge is -2.26. The molecule has 228 valence electrons. The summed E-state index contributed by atoms with van der Waals surface area (Å²) in [5, 5.41) is 0. The van der Waals surface area contributed by atoms with E-state index in [4.69, 9.17) is 4.74 Å². The number of likely N-dealkylation sites (tertiary alicyclic amines) is 2. The fraction of sp³-hybridized carbons (Fsp3) is 1.00. The van der Waals surface area contributed by atoms with Crippen LogP contribution in [0.5, 0.6) is 0 Å². The summed E-state index contributed by atoms with van der Waals surface area (Å²) in [5.74, 6) is 1.81. The molecule has 3 rings (SSSR count). The second kappa shape index (κ2) is 28.7. The van der Waals surface area contributed by atoms with Gasteiger partial charge in [0, 0.05) is 26.2 Å². The molecular formula is C30H72N6O. The van der Waals surface area contributed by atoms with E-state index in [-0.39, 0.29) is 0 Å². The fourth-order valence-corrected chi connectivity index (χ4v) is 3.07. The van der Waals surface area contributed by atoms with Gasteiger partial charge in [-0.15, -0.1) is 0 Å². The minimum absolute atomic E-state index is 0.833. The second-order valence-electron chi connectivity index (χ2n) is 12.6. The van der Waals surface area contributed by atoms with E-state index in [1.165, 1.54) is 51.9 Å². The molecule has 0 aromatic heterocycles. The van der Waals surface area contributed by atoms with Crippen LogP contribution in [-0.4, -0.2) is 165 Å². The zero-order valence-corrected chi connectivity index (χ0v) is 28.1. The standard InChI is InChI=1S/C7H15N.C6H16N2.C5H11NO.C5H11N.C4H10.C3H9N/c1-7-3-5-8(2)6-4-7;1-7(2)5-6-8(3)4;1-6-2-4-7-5-3-6;1-6-4-2-3-5-6;2*1-4(2)3/h7H,3-6H2,1-2H3;5-6H2,1-4H3;2-5H2,1H3;2-5H2,1H3;4H,1-3H3;1-3H3. The highest BCUT2D eigenvalue weighted by Gasteiger charge is 2.10. The number of nitrogens with zero attached hydrogens (tertiary/aromatic N) is 6. The number of morpholine rings is 1. The normalized spacial score (nSPS) is 19.0. The van der Waals surface area contributed by atoms with Gasteiger partial charge in [0.05, 0.1) is 13.2 Å². The molecule has 3 aliphatic rings. The van der Waals surface area contributed by atoms with Gasteiger partial charge in [-0.05, 0) is 134 Å². The van der Waals surface area contributed by atoms with E-state index in [9.17, 15) is 0 Å². The van der Waals surface area contributed by atoms with Gasteiger partial charge in [0.15, 0.2) is 0 Å². The maximum absolute atomic E-state index is 5.10. The van der Waals surface area contributed by atoms with Gasteiger partial charge in [-0.1, -0.05) is 27.7 Å². The predicted molar refractivity (Wildman–Crippen MR) is 168 cm³/mol. The molecule has 7 heteroatoms. The Morgan fingerprint density at radius 1 is 0.622 bits per heavy atom. The molecule has 3 heterocycles. The summed E-state index contributed by atoms with van der Waals surface area (Å²) in [7, 11) is 20.8. The molecular weight excluding hydrogens is 460 g/mol. The summed E-state index contributed by atoms with van der Waals surface area (Å²) < 4.78 is 5.10. The Labute approximate surface area is 235 Å². The summed E-state index contributed by atoms with van der Waals surface area (Å²) in [5.41, 5.74) is 0. The van der Waals surface area contributed by atoms with Crippen LogP contribution in [0.4, 0.5) is 0 Å². The third kappa shape index (κ3) is 46.0. The number of ether oxygens (including phenoxy) is 1. The molecule has 0 saturated carbocycles. The second-order valence-corrected chi connectivity index (χ2v) is 12.6. The van der Waals surface area contributed by atoms with E-state index in [1.54, 1.807) is 0 Å². The maximum Gasteiger partial charge on any atom is 0.0594 e. The van der Waals surface area contributed by atoms with Crippen LogP contribution in [0.25, 0.3) is 0 Å². The third-order valence-electron chi connectivity index (χ3n) is 5.57. The van der Waals surface area contributed by atoms with Gasteiger partial charge in [0.2, 0.25) is 0 Å². The van der Waals surface area contributed by atoms with Crippen molar-refractivity contribution in [2.24, 2.45) is 11.8 Å². The molecule has 0 spiro atoms. The first-order chi connectivity index (χ1) is 17.2. The molecule has 0 N–H and O–H groups in total. The Kier molecular flexibility index (Phi) is 32.0. The molecule has 0 aliphatic carbocycles. The van der Waals surface area contributed by atoms with Crippen molar-refractivity contribution in [3.8, 4) is 0 Å². The highest BCUT2D eigenvalue weighted by Crippen LogP contribution is 2.13. The largest absolute Gasteiger partial charge is 0.379 e. The van der Waals surface area contributed by atoms with Gasteiger partial charge in [0.1, 0.15) is 0 Å². The van der Waals surface area contributed by atoms with Gasteiger partial charge in [-0.3, -0.25) is 0 Å². The van der Waals surface area contributed by atoms with Crippen molar-refractivity contribution >= 4 is 0 Å². The van der Waals surface area contributed by atoms with Crippen LogP contribution >= 0.6 is 0 Å². The highest BCUT2D eigenvalue weighted by atomic mass is 16.5. The topological polar surface area (TPSA) is 28.7 Å². The van der Waals surface area contributed by atoms with Crippen LogP contribution in [0.2, 0.25) is 0 Å². The lowest BCUT2D eigenvalue weighted by molar-refractivity contribution is 0.0503. The average molecular weight is 533 g/mol. The Morgan fingerprint density at radius 2 is 0.919 bits per heavy atom. The fourth-order valence-electron chi connectivity index (χ4n) is 3.07. The quantitative estimate of drug-likeness (QED) is 0.543. The molecule has 0 aromatic rings. The Morgan fingerprint density at radius 3 is 1.11 bits per heavy atom. The van der Waals surface area contributed by atoms with Crippen molar-refractivity contribution in [2.45, 2.75) is 53.4 Å². The molecule has 0 unspecified atom stereocenters. The number of likely N-dealkylation sites (N-methyl/N-ethyl adjacent to an activating group) is 3. The minimum Gasteiger partial charge on any atom is -0.379 e. The van der Waals surface area contributed by atoms with Crippen LogP contribution < -0.4 is 0 Å². The number of rotatable bonds is 3. The van der Waals surface area contributed by atoms with Gasteiger partial charge < -0.3 is 34.1 Å². The molecule has 3 aliphatic heterocycles. The molecule has 0 bridgehead atoms. The molecule has 0 radical (unpaired) electrons. The lowest BCUT2D eigenvalue weighted by Crippen LogP contribution is -2.32. The van der Waals surface area contributed by atoms with E-state index in [0.717, 1.165) is 51.2 Å². The number of hydrogen-bond donors (Lipinski definition) is 0. The van der Waals surface area contributed by atoms with Gasteiger partial charge in [-0.2, -0.15) is 0 Å². The Balaban J connectivity index is -0.000000383. The summed E-state index contributed by atoms with van der Waals surface area (Å²) in [4.78, 5) is 13.4. The summed E-state index contributed by atoms with van der Waals surface area (Å²) in [6, 6.07) is 0. The van der Waals surface area contributed by atoms with Crippen molar-refractivity contribution in [3.05, 3.63) is 0 Å². The first-order valence-corrected chi connectivity index (χ1v) is 14.7. The Hall–Kier alpha value is -0.280. The summed E-state index contributed by atoms with van der Waals surface area (Å²) in [6.45, 7) is 20.4. The molecule has 3 saturated heterocycles. The van der Waals surface area contributed by atoms with E-state index in [0.29, 0.717) is 0 Å². The summed E-state index contributed by atoms with van der Waals surface area (Å²) in [6.07, 6.45) is 5.62. The van der Waals surface area contributed by atoms with Crippen molar-refractivity contribution < 1.29 is 4.74 Å². The van der Waals surface area contributed by atoms with Crippen LogP contribution in [0, 0.1) is 11.8 Å². The third-order valence-corrected chi connectivity index (χ3v) is 5.57. The zero-order chi connectivity index (χ0) is 29.2. The van der Waals surface area contributed by atoms with Gasteiger partial charge in [-0.25, -0.2) is 0 Å². The average Bonchev–Trinajstić information content (AvgIpc) is 3.26. The SMILES string of the molecule is CC(C)C.CC1CCN(C)CC1.CN(C)C.CN(C)CCN(C)C.CN1CCCC1.CN1CCOCC1. The van der Waals surface area contributed by atoms with Gasteiger partial charge >= 0.3 is 0 Å². The zero-order valence-electron chi connectivity index (χ0n) is 28.1. The van der Waals surface area contributed by atoms with E-state index in [2.05, 4.69) is 102 Å². The Bertz CT molecular complexity index is 385. The lowest BCUT2D eigenvalue weighted by atomic mass is 10.00. The maximum atomic E-state index is 5.10. The van der Waals surface area contributed by atoms with Crippen LogP contribution in [0.1, 0.15) is 53.4 Å². The van der Waals surface area contributed by atoms with Crippen molar-refractivity contribution in [1.29, 1.82) is 0 Å². The molecule has 0 atom stereocenters. The smallest absolute Gasteiger partial charge is 0.0594 e. The monoisotopic (exact) mass is 533 g/mol. The minimum atomic E-state index is 0.833. The highest BCUT2D eigenvalue weighted by molar-refractivity contribution is 4.65. The van der Waals surface area contributed by atoms with Crippen LogP contribution in [0.3, 0.4) is 0 Å². The van der Waals surface area contributed by atoms with Crippen molar-refractivity contribution in [2.75, 3.05) is 136 Å². The first kappa shape index (κ1) is 41.2. The van der Waals surface area contributed by atoms with Crippen molar-refractivity contribution in [1.82, 2.24) is 29.4 Å². The molecule has 0 amide bonds. The van der Waals surface area contributed by atoms with E-state index < -0.39 is 0 Å². The number of hydrogen-bond acceptors (Lipinski definition) is 7. The number of piperidine rings is 1. The molecule has 7 nitrogen and oxygen atoms in total. The van der Waals surface area contributed by atoms with Gasteiger partial charge in [0.25, 0.3) is 0 Å². The molecule has 3 fully saturated rings. The van der Waals surface area contributed by atoms with Crippen LogP contribution in [-0.2, 0) is 4.74 Å².